The van der Waals surface area contributed by atoms with Gasteiger partial charge in [0, 0.05) is 19.1 Å². The first-order valence-electron chi connectivity index (χ1n) is 4.99. The van der Waals surface area contributed by atoms with Gasteiger partial charge >= 0.3 is 0 Å². The minimum atomic E-state index is 0.668. The molecule has 0 aromatic heterocycles. The van der Waals surface area contributed by atoms with Crippen molar-refractivity contribution in [3.63, 3.8) is 0 Å². The Morgan fingerprint density at radius 3 is 2.15 bits per heavy atom. The van der Waals surface area contributed by atoms with Gasteiger partial charge in [0.1, 0.15) is 0 Å². The third-order valence-corrected chi connectivity index (χ3v) is 2.88. The van der Waals surface area contributed by atoms with Crippen molar-refractivity contribution in [3.05, 3.63) is 25.3 Å². The van der Waals surface area contributed by atoms with Crippen molar-refractivity contribution < 1.29 is 0 Å². The van der Waals surface area contributed by atoms with Crippen molar-refractivity contribution in [1.82, 2.24) is 4.90 Å². The predicted octanol–water partition coefficient (Wildman–Crippen LogP) is 1.40. The zero-order valence-corrected chi connectivity index (χ0v) is 8.28. The van der Waals surface area contributed by atoms with E-state index in [9.17, 15) is 0 Å². The van der Waals surface area contributed by atoms with Gasteiger partial charge in [-0.3, -0.25) is 4.90 Å². The topological polar surface area (TPSA) is 29.3 Å². The molecule has 2 atom stereocenters. The highest BCUT2D eigenvalue weighted by molar-refractivity contribution is 4.93. The maximum atomic E-state index is 5.68. The maximum absolute atomic E-state index is 5.68. The van der Waals surface area contributed by atoms with Gasteiger partial charge in [0.05, 0.1) is 0 Å². The van der Waals surface area contributed by atoms with Crippen molar-refractivity contribution in [2.45, 2.75) is 18.9 Å². The van der Waals surface area contributed by atoms with Crippen LogP contribution in [0.2, 0.25) is 0 Å². The molecule has 1 aliphatic carbocycles. The molecule has 2 unspecified atom stereocenters. The summed E-state index contributed by atoms with van der Waals surface area (Å²) in [4.78, 5) is 2.40. The van der Waals surface area contributed by atoms with Gasteiger partial charge in [-0.1, -0.05) is 12.2 Å². The monoisotopic (exact) mass is 180 g/mol. The third-order valence-electron chi connectivity index (χ3n) is 2.88. The Hall–Kier alpha value is -0.600. The lowest BCUT2D eigenvalue weighted by Crippen LogP contribution is -2.49. The van der Waals surface area contributed by atoms with Crippen LogP contribution in [-0.4, -0.2) is 30.6 Å². The molecule has 2 heteroatoms. The van der Waals surface area contributed by atoms with Crippen molar-refractivity contribution >= 4 is 0 Å². The predicted molar refractivity (Wildman–Crippen MR) is 57.5 cm³/mol. The molecule has 0 aromatic rings. The van der Waals surface area contributed by atoms with Crippen molar-refractivity contribution in [2.75, 3.05) is 19.6 Å². The zero-order chi connectivity index (χ0) is 9.68. The summed E-state index contributed by atoms with van der Waals surface area (Å²) in [6, 6.07) is 0.668. The lowest BCUT2D eigenvalue weighted by atomic mass is 9.78. The van der Waals surface area contributed by atoms with Crippen LogP contribution in [0.4, 0.5) is 0 Å². The second-order valence-electron chi connectivity index (χ2n) is 3.67. The van der Waals surface area contributed by atoms with E-state index in [1.54, 1.807) is 0 Å². The van der Waals surface area contributed by atoms with E-state index in [4.69, 9.17) is 5.73 Å². The highest BCUT2D eigenvalue weighted by Gasteiger charge is 2.33. The Bertz CT molecular complexity index is 165. The zero-order valence-electron chi connectivity index (χ0n) is 8.28. The lowest BCUT2D eigenvalue weighted by molar-refractivity contribution is 0.0871. The summed E-state index contributed by atoms with van der Waals surface area (Å²) in [6.07, 6.45) is 6.47. The standard InChI is InChI=1S/C11H20N2/c1-3-7-13(8-4-2)11-6-5-10(11)9-12/h3-4,10-11H,1-2,5-9,12H2. The molecule has 0 heterocycles. The Labute approximate surface area is 81.1 Å². The van der Waals surface area contributed by atoms with Gasteiger partial charge in [-0.25, -0.2) is 0 Å². The molecule has 0 saturated heterocycles. The van der Waals surface area contributed by atoms with Crippen molar-refractivity contribution in [3.8, 4) is 0 Å². The van der Waals surface area contributed by atoms with E-state index in [1.165, 1.54) is 12.8 Å². The van der Waals surface area contributed by atoms with Crippen LogP contribution in [0.5, 0.6) is 0 Å². The van der Waals surface area contributed by atoms with Crippen LogP contribution >= 0.6 is 0 Å². The van der Waals surface area contributed by atoms with Crippen LogP contribution in [0.1, 0.15) is 12.8 Å². The maximum Gasteiger partial charge on any atom is 0.0166 e. The molecule has 0 radical (unpaired) electrons. The number of nitrogens with zero attached hydrogens (tertiary/aromatic N) is 1. The fraction of sp³-hybridized carbons (Fsp3) is 0.636. The largest absolute Gasteiger partial charge is 0.330 e. The summed E-state index contributed by atoms with van der Waals surface area (Å²) >= 11 is 0. The normalized spacial score (nSPS) is 26.9. The molecular weight excluding hydrogens is 160 g/mol. The summed E-state index contributed by atoms with van der Waals surface area (Å²) in [7, 11) is 0. The molecule has 13 heavy (non-hydrogen) atoms. The molecule has 2 N–H and O–H groups in total. The molecule has 74 valence electrons. The van der Waals surface area contributed by atoms with Crippen LogP contribution in [0, 0.1) is 5.92 Å². The second kappa shape index (κ2) is 5.20. The molecule has 1 rings (SSSR count). The van der Waals surface area contributed by atoms with Gasteiger partial charge in [-0.05, 0) is 25.3 Å². The molecule has 0 aliphatic heterocycles. The molecule has 2 nitrogen and oxygen atoms in total. The van der Waals surface area contributed by atoms with Crippen molar-refractivity contribution in [2.24, 2.45) is 11.7 Å². The molecular formula is C11H20N2. The van der Waals surface area contributed by atoms with Gasteiger partial charge in [-0.2, -0.15) is 0 Å². The first-order chi connectivity index (χ1) is 6.33. The van der Waals surface area contributed by atoms with E-state index in [1.807, 2.05) is 12.2 Å². The quantitative estimate of drug-likeness (QED) is 0.626. The minimum Gasteiger partial charge on any atom is -0.330 e. The van der Waals surface area contributed by atoms with Gasteiger partial charge in [0.15, 0.2) is 0 Å². The Kier molecular flexibility index (Phi) is 4.19. The van der Waals surface area contributed by atoms with Crippen LogP contribution in [-0.2, 0) is 0 Å². The lowest BCUT2D eigenvalue weighted by Gasteiger charge is -2.43. The first-order valence-corrected chi connectivity index (χ1v) is 4.99. The summed E-state index contributed by atoms with van der Waals surface area (Å²) in [6.45, 7) is 10.3. The minimum absolute atomic E-state index is 0.668. The highest BCUT2D eigenvalue weighted by atomic mass is 15.2. The molecule has 1 fully saturated rings. The van der Waals surface area contributed by atoms with Gasteiger partial charge in [-0.15, -0.1) is 13.2 Å². The Balaban J connectivity index is 2.43. The van der Waals surface area contributed by atoms with E-state index in [-0.39, 0.29) is 0 Å². The van der Waals surface area contributed by atoms with E-state index >= 15 is 0 Å². The SMILES string of the molecule is C=CCN(CC=C)C1CCC1CN. The van der Waals surface area contributed by atoms with Crippen LogP contribution in [0.15, 0.2) is 25.3 Å². The summed E-state index contributed by atoms with van der Waals surface area (Å²) in [5, 5.41) is 0. The average molecular weight is 180 g/mol. The average Bonchev–Trinajstić information content (AvgIpc) is 2.04. The molecule has 0 bridgehead atoms. The Morgan fingerprint density at radius 1 is 1.23 bits per heavy atom. The van der Waals surface area contributed by atoms with Crippen molar-refractivity contribution in [1.29, 1.82) is 0 Å². The van der Waals surface area contributed by atoms with E-state index in [0.29, 0.717) is 12.0 Å². The summed E-state index contributed by atoms with van der Waals surface area (Å²) in [5.41, 5.74) is 5.68. The molecule has 1 saturated carbocycles. The van der Waals surface area contributed by atoms with Crippen LogP contribution in [0.25, 0.3) is 0 Å². The number of hydrogen-bond acceptors (Lipinski definition) is 2. The first kappa shape index (κ1) is 10.5. The van der Waals surface area contributed by atoms with Gasteiger partial charge in [0.2, 0.25) is 0 Å². The van der Waals surface area contributed by atoms with E-state index < -0.39 is 0 Å². The van der Waals surface area contributed by atoms with Crippen LogP contribution in [0.3, 0.4) is 0 Å². The second-order valence-corrected chi connectivity index (χ2v) is 3.67. The number of nitrogens with two attached hydrogens (primary N) is 1. The molecule has 0 aromatic carbocycles. The van der Waals surface area contributed by atoms with Gasteiger partial charge < -0.3 is 5.73 Å². The number of rotatable bonds is 6. The fourth-order valence-electron chi connectivity index (χ4n) is 1.98. The van der Waals surface area contributed by atoms with E-state index in [2.05, 4.69) is 18.1 Å². The molecule has 0 amide bonds. The third kappa shape index (κ3) is 2.42. The summed E-state index contributed by atoms with van der Waals surface area (Å²) < 4.78 is 0. The highest BCUT2D eigenvalue weighted by Crippen LogP contribution is 2.31. The summed E-state index contributed by atoms with van der Waals surface area (Å²) in [5.74, 6) is 0.694. The molecule has 0 spiro atoms. The fourth-order valence-corrected chi connectivity index (χ4v) is 1.98. The van der Waals surface area contributed by atoms with Gasteiger partial charge in [0.25, 0.3) is 0 Å². The van der Waals surface area contributed by atoms with Crippen LogP contribution < -0.4 is 5.73 Å². The molecule has 1 aliphatic rings. The smallest absolute Gasteiger partial charge is 0.0166 e. The van der Waals surface area contributed by atoms with E-state index in [0.717, 1.165) is 19.6 Å². The number of hydrogen-bond donors (Lipinski definition) is 1. The Morgan fingerprint density at radius 2 is 1.85 bits per heavy atom.